The van der Waals surface area contributed by atoms with Crippen LogP contribution in [0.2, 0.25) is 0 Å². The zero-order valence-corrected chi connectivity index (χ0v) is 11.4. The zero-order chi connectivity index (χ0) is 13.2. The van der Waals surface area contributed by atoms with E-state index in [4.69, 9.17) is 10.00 Å². The van der Waals surface area contributed by atoms with Gasteiger partial charge in [0, 0.05) is 43.9 Å². The lowest BCUT2D eigenvalue weighted by atomic mass is 10.1. The van der Waals surface area contributed by atoms with Gasteiger partial charge in [0.25, 0.3) is 0 Å². The van der Waals surface area contributed by atoms with Gasteiger partial charge in [0.2, 0.25) is 0 Å². The van der Waals surface area contributed by atoms with Gasteiger partial charge < -0.3 is 14.4 Å². The number of ether oxygens (including phenoxy) is 1. The minimum absolute atomic E-state index is 0.686. The van der Waals surface area contributed by atoms with E-state index in [9.17, 15) is 0 Å². The number of hydrogen-bond acceptors (Lipinski definition) is 5. The van der Waals surface area contributed by atoms with Gasteiger partial charge in [-0.3, -0.25) is 0 Å². The van der Waals surface area contributed by atoms with Crippen molar-refractivity contribution >= 4 is 28.7 Å². The molecule has 5 nitrogen and oxygen atoms in total. The van der Waals surface area contributed by atoms with Crippen molar-refractivity contribution in [3.63, 3.8) is 0 Å². The second-order valence-corrected chi connectivity index (χ2v) is 5.29. The molecule has 1 aromatic carbocycles. The average molecular weight is 274 g/mol. The van der Waals surface area contributed by atoms with Crippen LogP contribution >= 0.6 is 12.1 Å². The molecule has 0 radical (unpaired) electrons. The fraction of sp³-hybridized carbons (Fsp3) is 0.308. The number of nitriles is 1. The molecule has 19 heavy (non-hydrogen) atoms. The van der Waals surface area contributed by atoms with Gasteiger partial charge in [0.05, 0.1) is 23.4 Å². The summed E-state index contributed by atoms with van der Waals surface area (Å²) in [5.41, 5.74) is 4.01. The van der Waals surface area contributed by atoms with Gasteiger partial charge in [-0.05, 0) is 5.56 Å². The van der Waals surface area contributed by atoms with Crippen LogP contribution < -0.4 is 4.72 Å². The normalized spacial score (nSPS) is 14.9. The van der Waals surface area contributed by atoms with Gasteiger partial charge in [-0.1, -0.05) is 12.1 Å². The van der Waals surface area contributed by atoms with Crippen molar-refractivity contribution in [2.45, 2.75) is 6.54 Å². The molecule has 1 aliphatic rings. The Morgan fingerprint density at radius 3 is 3.21 bits per heavy atom. The summed E-state index contributed by atoms with van der Waals surface area (Å²) in [6.45, 7) is 2.46. The van der Waals surface area contributed by atoms with Crippen molar-refractivity contribution < 1.29 is 4.74 Å². The van der Waals surface area contributed by atoms with Crippen LogP contribution in [0.1, 0.15) is 11.1 Å². The van der Waals surface area contributed by atoms with E-state index in [0.717, 1.165) is 29.7 Å². The van der Waals surface area contributed by atoms with Crippen molar-refractivity contribution in [2.75, 3.05) is 25.0 Å². The Balaban J connectivity index is 1.93. The second-order valence-electron chi connectivity index (χ2n) is 4.39. The molecule has 0 spiro atoms. The second kappa shape index (κ2) is 5.13. The number of anilines is 1. The van der Waals surface area contributed by atoms with Gasteiger partial charge in [0.1, 0.15) is 6.07 Å². The number of fused-ring (bicyclic) bond motifs is 3. The number of H-pyrrole nitrogens is 1. The van der Waals surface area contributed by atoms with Crippen LogP contribution in [0.4, 0.5) is 5.69 Å². The number of methoxy groups -OCH3 is 1. The quantitative estimate of drug-likeness (QED) is 0.842. The summed E-state index contributed by atoms with van der Waals surface area (Å²) in [7, 11) is 1.71. The SMILES string of the molecule is COCCN1Cc2ccc3c(C#N)c[nH]c3c2NS1. The summed E-state index contributed by atoms with van der Waals surface area (Å²) in [5.74, 6) is 0. The molecular formula is C13H14N4OS. The smallest absolute Gasteiger partial charge is 0.101 e. The number of benzene rings is 1. The van der Waals surface area contributed by atoms with E-state index in [0.29, 0.717) is 12.2 Å². The van der Waals surface area contributed by atoms with E-state index in [-0.39, 0.29) is 0 Å². The minimum Gasteiger partial charge on any atom is -0.383 e. The number of aromatic nitrogens is 1. The molecule has 3 rings (SSSR count). The van der Waals surface area contributed by atoms with Crippen molar-refractivity contribution in [2.24, 2.45) is 0 Å². The highest BCUT2D eigenvalue weighted by atomic mass is 32.2. The molecule has 2 N–H and O–H groups in total. The maximum absolute atomic E-state index is 9.05. The fourth-order valence-electron chi connectivity index (χ4n) is 2.23. The maximum atomic E-state index is 9.05. The lowest BCUT2D eigenvalue weighted by Crippen LogP contribution is -2.25. The van der Waals surface area contributed by atoms with Crippen molar-refractivity contribution in [1.82, 2.24) is 9.29 Å². The first-order valence-electron chi connectivity index (χ1n) is 6.03. The third-order valence-corrected chi connectivity index (χ3v) is 4.10. The lowest BCUT2D eigenvalue weighted by Gasteiger charge is -2.28. The summed E-state index contributed by atoms with van der Waals surface area (Å²) in [4.78, 5) is 3.18. The Labute approximate surface area is 115 Å². The highest BCUT2D eigenvalue weighted by Gasteiger charge is 2.20. The molecule has 0 saturated heterocycles. The third kappa shape index (κ3) is 2.16. The van der Waals surface area contributed by atoms with Crippen LogP contribution in [-0.4, -0.2) is 29.6 Å². The van der Waals surface area contributed by atoms with Gasteiger partial charge in [0.15, 0.2) is 0 Å². The summed E-state index contributed by atoms with van der Waals surface area (Å²) in [6, 6.07) is 6.29. The molecule has 6 heteroatoms. The van der Waals surface area contributed by atoms with Crippen LogP contribution in [0.25, 0.3) is 10.9 Å². The molecule has 1 aliphatic heterocycles. The number of aromatic amines is 1. The summed E-state index contributed by atoms with van der Waals surface area (Å²) in [5, 5.41) is 10.0. The fourth-order valence-corrected chi connectivity index (χ4v) is 3.06. The molecule has 2 heterocycles. The molecule has 1 aromatic heterocycles. The van der Waals surface area contributed by atoms with E-state index in [2.05, 4.69) is 26.1 Å². The highest BCUT2D eigenvalue weighted by molar-refractivity contribution is 7.98. The molecule has 0 bridgehead atoms. The molecule has 0 fully saturated rings. The molecule has 0 atom stereocenters. The first-order valence-corrected chi connectivity index (χ1v) is 6.80. The molecule has 98 valence electrons. The summed E-state index contributed by atoms with van der Waals surface area (Å²) >= 11 is 1.58. The standard InChI is InChI=1S/C13H14N4OS/c1-18-5-4-17-8-9-2-3-11-10(6-14)7-15-13(11)12(9)16-19-17/h2-3,7,15-16H,4-5,8H2,1H3. The maximum Gasteiger partial charge on any atom is 0.101 e. The van der Waals surface area contributed by atoms with Crippen LogP contribution in [0.5, 0.6) is 0 Å². The van der Waals surface area contributed by atoms with E-state index in [1.165, 1.54) is 5.56 Å². The van der Waals surface area contributed by atoms with Crippen molar-refractivity contribution in [3.05, 3.63) is 29.5 Å². The van der Waals surface area contributed by atoms with Gasteiger partial charge >= 0.3 is 0 Å². The predicted molar refractivity (Wildman–Crippen MR) is 76.5 cm³/mol. The third-order valence-electron chi connectivity index (χ3n) is 3.23. The van der Waals surface area contributed by atoms with E-state index in [1.54, 1.807) is 25.4 Å². The largest absolute Gasteiger partial charge is 0.383 e. The first-order chi connectivity index (χ1) is 9.33. The summed E-state index contributed by atoms with van der Waals surface area (Å²) in [6.07, 6.45) is 1.76. The molecule has 0 amide bonds. The van der Waals surface area contributed by atoms with Crippen LogP contribution in [-0.2, 0) is 11.3 Å². The molecule has 2 aromatic rings. The van der Waals surface area contributed by atoms with Gasteiger partial charge in [-0.25, -0.2) is 4.31 Å². The van der Waals surface area contributed by atoms with E-state index >= 15 is 0 Å². The number of rotatable bonds is 3. The highest BCUT2D eigenvalue weighted by Crippen LogP contribution is 2.36. The lowest BCUT2D eigenvalue weighted by molar-refractivity contribution is 0.181. The molecule has 0 saturated carbocycles. The number of nitrogens with zero attached hydrogens (tertiary/aromatic N) is 2. The molecule has 0 unspecified atom stereocenters. The Morgan fingerprint density at radius 1 is 1.53 bits per heavy atom. The van der Waals surface area contributed by atoms with Gasteiger partial charge in [-0.2, -0.15) is 5.26 Å². The monoisotopic (exact) mass is 274 g/mol. The topological polar surface area (TPSA) is 64.1 Å². The number of hydrogen-bond donors (Lipinski definition) is 2. The van der Waals surface area contributed by atoms with Crippen LogP contribution in [0.15, 0.2) is 18.3 Å². The Bertz CT molecular complexity index is 646. The van der Waals surface area contributed by atoms with Crippen molar-refractivity contribution in [3.8, 4) is 6.07 Å². The van der Waals surface area contributed by atoms with E-state index in [1.807, 2.05) is 6.07 Å². The zero-order valence-electron chi connectivity index (χ0n) is 10.6. The molecular weight excluding hydrogens is 260 g/mol. The number of nitrogens with one attached hydrogen (secondary N) is 2. The Kier molecular flexibility index (Phi) is 3.34. The van der Waals surface area contributed by atoms with Crippen LogP contribution in [0.3, 0.4) is 0 Å². The predicted octanol–water partition coefficient (Wildman–Crippen LogP) is 2.48. The van der Waals surface area contributed by atoms with Crippen LogP contribution in [0, 0.1) is 11.3 Å². The molecule has 0 aliphatic carbocycles. The Morgan fingerprint density at radius 2 is 2.42 bits per heavy atom. The van der Waals surface area contributed by atoms with Crippen molar-refractivity contribution in [1.29, 1.82) is 5.26 Å². The average Bonchev–Trinajstić information content (AvgIpc) is 2.88. The Hall–Kier alpha value is -1.68. The minimum atomic E-state index is 0.686. The van der Waals surface area contributed by atoms with Gasteiger partial charge in [-0.15, -0.1) is 0 Å². The summed E-state index contributed by atoms with van der Waals surface area (Å²) < 4.78 is 10.7. The first kappa shape index (κ1) is 12.4. The van der Waals surface area contributed by atoms with E-state index < -0.39 is 0 Å².